The summed E-state index contributed by atoms with van der Waals surface area (Å²) in [4.78, 5) is 8.95. The molecule has 1 heterocycles. The summed E-state index contributed by atoms with van der Waals surface area (Å²) >= 11 is 0. The van der Waals surface area contributed by atoms with Crippen molar-refractivity contribution in [2.45, 2.75) is 71.5 Å². The van der Waals surface area contributed by atoms with Crippen LogP contribution in [0.5, 0.6) is 0 Å². The topological polar surface area (TPSA) is 80.3 Å². The first-order valence-electron chi connectivity index (χ1n) is 10.4. The summed E-state index contributed by atoms with van der Waals surface area (Å²) in [6, 6.07) is 4.88. The van der Waals surface area contributed by atoms with E-state index < -0.39 is 0 Å². The van der Waals surface area contributed by atoms with Crippen LogP contribution in [0.3, 0.4) is 0 Å². The predicted molar refractivity (Wildman–Crippen MR) is 117 cm³/mol. The highest BCUT2D eigenvalue weighted by Gasteiger charge is 2.23. The third kappa shape index (κ3) is 5.58. The molecule has 2 atom stereocenters. The Hall–Kier alpha value is -2.34. The molecule has 4 N–H and O–H groups in total. The monoisotopic (exact) mass is 382 g/mol. The van der Waals surface area contributed by atoms with Crippen LogP contribution in [0, 0.1) is 20.8 Å². The Labute approximate surface area is 168 Å². The van der Waals surface area contributed by atoms with Crippen molar-refractivity contribution in [1.82, 2.24) is 14.9 Å². The van der Waals surface area contributed by atoms with E-state index in [0.717, 1.165) is 44.0 Å². The molecule has 0 unspecified atom stereocenters. The normalized spacial score (nSPS) is 20.2. The van der Waals surface area contributed by atoms with Gasteiger partial charge in [0.25, 0.3) is 0 Å². The number of guanidine groups is 1. The fourth-order valence-corrected chi connectivity index (χ4v) is 3.99. The molecule has 0 aliphatic heterocycles. The first kappa shape index (κ1) is 20.4. The molecule has 0 bridgehead atoms. The number of benzene rings is 1. The zero-order chi connectivity index (χ0) is 19.9. The van der Waals surface area contributed by atoms with Gasteiger partial charge in [-0.15, -0.1) is 0 Å². The van der Waals surface area contributed by atoms with Gasteiger partial charge in [0.1, 0.15) is 0 Å². The molecule has 1 saturated carbocycles. The van der Waals surface area contributed by atoms with Crippen molar-refractivity contribution in [3.63, 3.8) is 0 Å². The second kappa shape index (κ2) is 9.73. The Balaban J connectivity index is 1.70. The van der Waals surface area contributed by atoms with E-state index in [4.69, 9.17) is 10.7 Å². The maximum absolute atomic E-state index is 6.36. The Morgan fingerprint density at radius 2 is 1.96 bits per heavy atom. The molecule has 6 nitrogen and oxygen atoms in total. The first-order valence-corrected chi connectivity index (χ1v) is 10.4. The average Bonchev–Trinajstić information content (AvgIpc) is 3.16. The highest BCUT2D eigenvalue weighted by atomic mass is 15.2. The van der Waals surface area contributed by atoms with Crippen LogP contribution in [0.2, 0.25) is 0 Å². The molecule has 28 heavy (non-hydrogen) atoms. The van der Waals surface area contributed by atoms with Gasteiger partial charge in [-0.25, -0.2) is 4.98 Å². The van der Waals surface area contributed by atoms with Crippen molar-refractivity contribution in [3.05, 3.63) is 47.5 Å². The van der Waals surface area contributed by atoms with Gasteiger partial charge in [-0.2, -0.15) is 0 Å². The lowest BCUT2D eigenvalue weighted by atomic mass is 9.91. The minimum Gasteiger partial charge on any atom is -0.352 e. The number of nitrogens with zero attached hydrogens (tertiary/aromatic N) is 3. The molecule has 2 aromatic rings. The van der Waals surface area contributed by atoms with Crippen molar-refractivity contribution < 1.29 is 0 Å². The van der Waals surface area contributed by atoms with E-state index in [9.17, 15) is 0 Å². The number of aliphatic imine (C=N–C) groups is 1. The molecule has 1 aliphatic carbocycles. The number of aryl methyl sites for hydroxylation is 4. The van der Waals surface area contributed by atoms with Gasteiger partial charge >= 0.3 is 0 Å². The predicted octanol–water partition coefficient (Wildman–Crippen LogP) is 3.53. The van der Waals surface area contributed by atoms with Crippen molar-refractivity contribution in [3.8, 4) is 0 Å². The summed E-state index contributed by atoms with van der Waals surface area (Å²) in [7, 11) is 0. The molecule has 152 valence electrons. The van der Waals surface area contributed by atoms with E-state index >= 15 is 0 Å². The number of anilines is 1. The SMILES string of the molecule is Cc1cc(C)c(NC(=NCCCn2ccnc2)N[C@H]2CCCC[C@@H]2N)c(C)c1. The van der Waals surface area contributed by atoms with E-state index in [0.29, 0.717) is 0 Å². The minimum absolute atomic E-state index is 0.187. The third-order valence-electron chi connectivity index (χ3n) is 5.47. The molecular weight excluding hydrogens is 348 g/mol. The number of imidazole rings is 1. The van der Waals surface area contributed by atoms with E-state index in [2.05, 4.69) is 53.1 Å². The van der Waals surface area contributed by atoms with E-state index in [-0.39, 0.29) is 12.1 Å². The van der Waals surface area contributed by atoms with E-state index in [1.807, 2.05) is 18.7 Å². The lowest BCUT2D eigenvalue weighted by Gasteiger charge is -2.31. The maximum atomic E-state index is 6.36. The van der Waals surface area contributed by atoms with Gasteiger partial charge in [0.05, 0.1) is 6.33 Å². The first-order chi connectivity index (χ1) is 13.5. The van der Waals surface area contributed by atoms with Gasteiger partial charge < -0.3 is 20.9 Å². The van der Waals surface area contributed by atoms with Gasteiger partial charge in [-0.1, -0.05) is 30.5 Å². The molecule has 0 saturated heterocycles. The Bertz CT molecular complexity index is 757. The van der Waals surface area contributed by atoms with Crippen molar-refractivity contribution in [1.29, 1.82) is 0 Å². The average molecular weight is 383 g/mol. The summed E-state index contributed by atoms with van der Waals surface area (Å²) in [5, 5.41) is 7.18. The number of hydrogen-bond donors (Lipinski definition) is 3. The molecule has 3 rings (SSSR count). The standard InChI is InChI=1S/C22H34N6/c1-16-13-17(2)21(18(3)14-16)27-22(26-20-8-5-4-7-19(20)23)25-9-6-11-28-12-10-24-15-28/h10,12-15,19-20H,4-9,11,23H2,1-3H3,(H2,25,26,27)/t19-,20-/m0/s1. The molecule has 6 heteroatoms. The second-order valence-corrected chi connectivity index (χ2v) is 7.98. The van der Waals surface area contributed by atoms with Crippen LogP contribution < -0.4 is 16.4 Å². The summed E-state index contributed by atoms with van der Waals surface area (Å²) in [6.07, 6.45) is 11.2. The maximum Gasteiger partial charge on any atom is 0.196 e. The zero-order valence-electron chi connectivity index (χ0n) is 17.4. The minimum atomic E-state index is 0.187. The van der Waals surface area contributed by atoms with Gasteiger partial charge in [0, 0.05) is 43.3 Å². The quantitative estimate of drug-likeness (QED) is 0.406. The van der Waals surface area contributed by atoms with Crippen LogP contribution >= 0.6 is 0 Å². The highest BCUT2D eigenvalue weighted by Crippen LogP contribution is 2.22. The van der Waals surface area contributed by atoms with Crippen LogP contribution in [0.15, 0.2) is 35.8 Å². The fourth-order valence-electron chi connectivity index (χ4n) is 3.99. The molecule has 1 aromatic heterocycles. The van der Waals surface area contributed by atoms with Crippen molar-refractivity contribution >= 4 is 11.6 Å². The Morgan fingerprint density at radius 1 is 1.21 bits per heavy atom. The highest BCUT2D eigenvalue weighted by molar-refractivity contribution is 5.95. The number of nitrogens with one attached hydrogen (secondary N) is 2. The molecule has 0 spiro atoms. The summed E-state index contributed by atoms with van der Waals surface area (Å²) in [5.41, 5.74) is 11.2. The molecular formula is C22H34N6. The van der Waals surface area contributed by atoms with Gasteiger partial charge in [0.2, 0.25) is 0 Å². The number of aromatic nitrogens is 2. The van der Waals surface area contributed by atoms with Crippen LogP contribution in [0.25, 0.3) is 0 Å². The molecule has 1 aliphatic rings. The number of nitrogens with two attached hydrogens (primary N) is 1. The van der Waals surface area contributed by atoms with Gasteiger partial charge in [0.15, 0.2) is 5.96 Å². The van der Waals surface area contributed by atoms with Gasteiger partial charge in [-0.3, -0.25) is 4.99 Å². The summed E-state index contributed by atoms with van der Waals surface area (Å²) in [5.74, 6) is 0.836. The fraction of sp³-hybridized carbons (Fsp3) is 0.545. The molecule has 0 radical (unpaired) electrons. The molecule has 1 fully saturated rings. The molecule has 1 aromatic carbocycles. The number of rotatable bonds is 6. The second-order valence-electron chi connectivity index (χ2n) is 7.98. The van der Waals surface area contributed by atoms with E-state index in [1.54, 1.807) is 0 Å². The zero-order valence-corrected chi connectivity index (χ0v) is 17.4. The van der Waals surface area contributed by atoms with Crippen LogP contribution in [0.1, 0.15) is 48.8 Å². The summed E-state index contributed by atoms with van der Waals surface area (Å²) < 4.78 is 2.08. The van der Waals surface area contributed by atoms with Gasteiger partial charge in [-0.05, 0) is 51.2 Å². The van der Waals surface area contributed by atoms with Crippen molar-refractivity contribution in [2.75, 3.05) is 11.9 Å². The number of hydrogen-bond acceptors (Lipinski definition) is 3. The van der Waals surface area contributed by atoms with Crippen LogP contribution in [0.4, 0.5) is 5.69 Å². The smallest absolute Gasteiger partial charge is 0.196 e. The Kier molecular flexibility index (Phi) is 7.09. The van der Waals surface area contributed by atoms with Crippen molar-refractivity contribution in [2.24, 2.45) is 10.7 Å². The van der Waals surface area contributed by atoms with Crippen LogP contribution in [-0.4, -0.2) is 34.1 Å². The third-order valence-corrected chi connectivity index (χ3v) is 5.47. The lowest BCUT2D eigenvalue weighted by Crippen LogP contribution is -2.51. The molecule has 0 amide bonds. The largest absolute Gasteiger partial charge is 0.352 e. The van der Waals surface area contributed by atoms with E-state index in [1.165, 1.54) is 29.5 Å². The Morgan fingerprint density at radius 3 is 2.64 bits per heavy atom. The van der Waals surface area contributed by atoms with Crippen LogP contribution in [-0.2, 0) is 6.54 Å². The summed E-state index contributed by atoms with van der Waals surface area (Å²) in [6.45, 7) is 8.09. The lowest BCUT2D eigenvalue weighted by molar-refractivity contribution is 0.360.